The zero-order chi connectivity index (χ0) is 13.0. The number of nitrogens with one attached hydrogen (secondary N) is 1. The van der Waals surface area contributed by atoms with Crippen LogP contribution in [0.1, 0.15) is 58.8 Å². The van der Waals surface area contributed by atoms with E-state index < -0.39 is 0 Å². The summed E-state index contributed by atoms with van der Waals surface area (Å²) >= 11 is 0. The topological polar surface area (TPSA) is 15.3 Å². The van der Waals surface area contributed by atoms with Gasteiger partial charge >= 0.3 is 0 Å². The molecule has 18 heavy (non-hydrogen) atoms. The zero-order valence-corrected chi connectivity index (χ0v) is 12.7. The van der Waals surface area contributed by atoms with E-state index in [4.69, 9.17) is 0 Å². The van der Waals surface area contributed by atoms with Crippen LogP contribution in [0.5, 0.6) is 0 Å². The first-order valence-corrected chi connectivity index (χ1v) is 8.05. The van der Waals surface area contributed by atoms with Gasteiger partial charge in [0.05, 0.1) is 0 Å². The highest BCUT2D eigenvalue weighted by molar-refractivity contribution is 4.92. The lowest BCUT2D eigenvalue weighted by atomic mass is 9.70. The third-order valence-corrected chi connectivity index (χ3v) is 4.89. The molecule has 2 rings (SSSR count). The summed E-state index contributed by atoms with van der Waals surface area (Å²) < 4.78 is 0. The summed E-state index contributed by atoms with van der Waals surface area (Å²) in [5.74, 6) is 0.954. The minimum atomic E-state index is 0.568. The molecular formula is C16H32N2. The van der Waals surface area contributed by atoms with Gasteiger partial charge in [-0.2, -0.15) is 0 Å². The number of rotatable bonds is 7. The summed E-state index contributed by atoms with van der Waals surface area (Å²) in [5, 5.41) is 3.80. The van der Waals surface area contributed by atoms with Crippen LogP contribution in [-0.4, -0.2) is 37.6 Å². The molecule has 0 aliphatic heterocycles. The lowest BCUT2D eigenvalue weighted by molar-refractivity contribution is 0.0985. The van der Waals surface area contributed by atoms with Crippen LogP contribution in [-0.2, 0) is 0 Å². The molecule has 106 valence electrons. The molecule has 0 saturated heterocycles. The lowest BCUT2D eigenvalue weighted by Crippen LogP contribution is -2.45. The first kappa shape index (κ1) is 14.3. The van der Waals surface area contributed by atoms with E-state index in [1.165, 1.54) is 64.6 Å². The van der Waals surface area contributed by atoms with Gasteiger partial charge in [0.15, 0.2) is 0 Å². The van der Waals surface area contributed by atoms with E-state index in [1.807, 2.05) is 0 Å². The Labute approximate surface area is 114 Å². The van der Waals surface area contributed by atoms with Crippen molar-refractivity contribution in [1.29, 1.82) is 0 Å². The Morgan fingerprint density at radius 1 is 1.17 bits per heavy atom. The first-order valence-electron chi connectivity index (χ1n) is 8.05. The van der Waals surface area contributed by atoms with Crippen molar-refractivity contribution in [3.05, 3.63) is 0 Å². The highest BCUT2D eigenvalue weighted by Crippen LogP contribution is 2.39. The van der Waals surface area contributed by atoms with Gasteiger partial charge in [0, 0.05) is 19.1 Å². The molecule has 0 aromatic carbocycles. The van der Waals surface area contributed by atoms with E-state index in [-0.39, 0.29) is 0 Å². The zero-order valence-electron chi connectivity index (χ0n) is 12.7. The Morgan fingerprint density at radius 3 is 2.39 bits per heavy atom. The standard InChI is InChI=1S/C16H32N2/c1-4-11-18(3)13-16(12-17-15-5-6-15)9-7-14(2)8-10-16/h14-15,17H,4-13H2,1-3H3. The summed E-state index contributed by atoms with van der Waals surface area (Å²) in [5.41, 5.74) is 0.568. The molecule has 0 radical (unpaired) electrons. The SMILES string of the molecule is CCCN(C)CC1(CNC2CC2)CCC(C)CC1. The van der Waals surface area contributed by atoms with Gasteiger partial charge in [0.25, 0.3) is 0 Å². The summed E-state index contributed by atoms with van der Waals surface area (Å²) in [6, 6.07) is 0.859. The fourth-order valence-electron chi connectivity index (χ4n) is 3.45. The van der Waals surface area contributed by atoms with Crippen molar-refractivity contribution in [3.63, 3.8) is 0 Å². The van der Waals surface area contributed by atoms with Crippen molar-refractivity contribution in [3.8, 4) is 0 Å². The Kier molecular flexibility index (Phi) is 5.08. The third-order valence-electron chi connectivity index (χ3n) is 4.89. The Hall–Kier alpha value is -0.0800. The van der Waals surface area contributed by atoms with E-state index in [2.05, 4.69) is 31.1 Å². The van der Waals surface area contributed by atoms with Gasteiger partial charge in [-0.25, -0.2) is 0 Å². The molecule has 0 aromatic heterocycles. The molecule has 2 aliphatic rings. The van der Waals surface area contributed by atoms with Gasteiger partial charge in [0.2, 0.25) is 0 Å². The molecule has 2 nitrogen and oxygen atoms in total. The molecule has 1 N–H and O–H groups in total. The normalized spacial score (nSPS) is 33.0. The summed E-state index contributed by atoms with van der Waals surface area (Å²) in [7, 11) is 2.31. The van der Waals surface area contributed by atoms with Crippen molar-refractivity contribution >= 4 is 0 Å². The fourth-order valence-corrected chi connectivity index (χ4v) is 3.45. The largest absolute Gasteiger partial charge is 0.313 e. The number of hydrogen-bond donors (Lipinski definition) is 1. The third kappa shape index (κ3) is 4.24. The van der Waals surface area contributed by atoms with Gasteiger partial charge in [-0.3, -0.25) is 0 Å². The van der Waals surface area contributed by atoms with Crippen molar-refractivity contribution in [2.24, 2.45) is 11.3 Å². The Bertz CT molecular complexity index is 239. The maximum absolute atomic E-state index is 3.80. The van der Waals surface area contributed by atoms with Gasteiger partial charge in [-0.1, -0.05) is 26.7 Å². The van der Waals surface area contributed by atoms with Crippen LogP contribution in [0.15, 0.2) is 0 Å². The second-order valence-corrected chi connectivity index (χ2v) is 7.08. The predicted molar refractivity (Wildman–Crippen MR) is 78.9 cm³/mol. The highest BCUT2D eigenvalue weighted by Gasteiger charge is 2.36. The van der Waals surface area contributed by atoms with Crippen LogP contribution in [0.2, 0.25) is 0 Å². The summed E-state index contributed by atoms with van der Waals surface area (Å²) in [6.45, 7) is 8.52. The van der Waals surface area contributed by atoms with E-state index >= 15 is 0 Å². The molecular weight excluding hydrogens is 220 g/mol. The molecule has 0 aromatic rings. The van der Waals surface area contributed by atoms with Crippen LogP contribution in [0.4, 0.5) is 0 Å². The van der Waals surface area contributed by atoms with Crippen molar-refractivity contribution < 1.29 is 0 Å². The molecule has 2 aliphatic carbocycles. The second kappa shape index (κ2) is 6.38. The van der Waals surface area contributed by atoms with Gasteiger partial charge < -0.3 is 10.2 Å². The average Bonchev–Trinajstić information content (AvgIpc) is 3.15. The number of nitrogens with zero attached hydrogens (tertiary/aromatic N) is 1. The van der Waals surface area contributed by atoms with Gasteiger partial charge in [-0.15, -0.1) is 0 Å². The van der Waals surface area contributed by atoms with E-state index in [9.17, 15) is 0 Å². The molecule has 2 saturated carbocycles. The maximum atomic E-state index is 3.80. The molecule has 2 heteroatoms. The van der Waals surface area contributed by atoms with Crippen LogP contribution < -0.4 is 5.32 Å². The molecule has 0 bridgehead atoms. The van der Waals surface area contributed by atoms with Crippen LogP contribution in [0.25, 0.3) is 0 Å². The molecule has 0 amide bonds. The minimum Gasteiger partial charge on any atom is -0.313 e. The van der Waals surface area contributed by atoms with E-state index in [0.717, 1.165) is 12.0 Å². The lowest BCUT2D eigenvalue weighted by Gasteiger charge is -2.42. The molecule has 2 fully saturated rings. The maximum Gasteiger partial charge on any atom is 0.00684 e. The average molecular weight is 252 g/mol. The van der Waals surface area contributed by atoms with Crippen molar-refractivity contribution in [2.75, 3.05) is 26.7 Å². The van der Waals surface area contributed by atoms with Crippen LogP contribution >= 0.6 is 0 Å². The summed E-state index contributed by atoms with van der Waals surface area (Å²) in [4.78, 5) is 2.56. The Balaban J connectivity index is 1.87. The minimum absolute atomic E-state index is 0.568. The van der Waals surface area contributed by atoms with Gasteiger partial charge in [-0.05, 0) is 57.0 Å². The van der Waals surface area contributed by atoms with E-state index in [1.54, 1.807) is 0 Å². The first-order chi connectivity index (χ1) is 8.63. The molecule has 0 unspecified atom stereocenters. The number of hydrogen-bond acceptors (Lipinski definition) is 2. The van der Waals surface area contributed by atoms with Crippen molar-refractivity contribution in [1.82, 2.24) is 10.2 Å². The summed E-state index contributed by atoms with van der Waals surface area (Å²) in [6.07, 6.45) is 9.84. The van der Waals surface area contributed by atoms with Crippen LogP contribution in [0.3, 0.4) is 0 Å². The quantitative estimate of drug-likeness (QED) is 0.748. The van der Waals surface area contributed by atoms with Crippen molar-refractivity contribution in [2.45, 2.75) is 64.8 Å². The van der Waals surface area contributed by atoms with Crippen LogP contribution in [0, 0.1) is 11.3 Å². The Morgan fingerprint density at radius 2 is 1.83 bits per heavy atom. The van der Waals surface area contributed by atoms with E-state index in [0.29, 0.717) is 5.41 Å². The smallest absolute Gasteiger partial charge is 0.00684 e. The predicted octanol–water partition coefficient (Wildman–Crippen LogP) is 3.28. The fraction of sp³-hybridized carbons (Fsp3) is 1.00. The van der Waals surface area contributed by atoms with Gasteiger partial charge in [0.1, 0.15) is 0 Å². The molecule has 0 atom stereocenters. The monoisotopic (exact) mass is 252 g/mol. The molecule has 0 heterocycles. The second-order valence-electron chi connectivity index (χ2n) is 7.08. The highest BCUT2D eigenvalue weighted by atomic mass is 15.1. The molecule has 0 spiro atoms.